The van der Waals surface area contributed by atoms with E-state index in [9.17, 15) is 4.79 Å². The Bertz CT molecular complexity index is 814. The predicted octanol–water partition coefficient (Wildman–Crippen LogP) is 4.15. The molecular weight excluding hydrogens is 364 g/mol. The van der Waals surface area contributed by atoms with Gasteiger partial charge >= 0.3 is 0 Å². The fraction of sp³-hybridized carbons (Fsp3) is 0.500. The van der Waals surface area contributed by atoms with E-state index in [1.165, 1.54) is 5.56 Å². The molecule has 1 unspecified atom stereocenters. The van der Waals surface area contributed by atoms with E-state index >= 15 is 0 Å². The summed E-state index contributed by atoms with van der Waals surface area (Å²) >= 11 is 0. The highest BCUT2D eigenvalue weighted by atomic mass is 16.5. The van der Waals surface area contributed by atoms with E-state index in [1.54, 1.807) is 12.4 Å². The Labute approximate surface area is 173 Å². The molecule has 1 aromatic carbocycles. The summed E-state index contributed by atoms with van der Waals surface area (Å²) in [4.78, 5) is 19.3. The lowest BCUT2D eigenvalue weighted by Gasteiger charge is -2.37. The molecule has 2 saturated heterocycles. The quantitative estimate of drug-likeness (QED) is 0.764. The molecule has 0 saturated carbocycles. The number of carbonyl (C=O) groups excluding carboxylic acids is 1. The summed E-state index contributed by atoms with van der Waals surface area (Å²) in [7, 11) is 0. The minimum Gasteiger partial charge on any atom is -0.493 e. The minimum absolute atomic E-state index is 0.0822. The lowest BCUT2D eigenvalue weighted by molar-refractivity contribution is -0.00909. The van der Waals surface area contributed by atoms with Crippen molar-refractivity contribution in [2.24, 2.45) is 11.3 Å². The van der Waals surface area contributed by atoms with Gasteiger partial charge in [0.25, 0.3) is 5.91 Å². The zero-order valence-corrected chi connectivity index (χ0v) is 17.3. The van der Waals surface area contributed by atoms with Crippen LogP contribution in [0.2, 0.25) is 0 Å². The Balaban J connectivity index is 1.49. The topological polar surface area (TPSA) is 51.7 Å². The van der Waals surface area contributed by atoms with Crippen molar-refractivity contribution in [1.82, 2.24) is 9.88 Å². The highest BCUT2D eigenvalue weighted by Crippen LogP contribution is 2.44. The molecule has 1 aromatic heterocycles. The second-order valence-corrected chi connectivity index (χ2v) is 8.63. The maximum absolute atomic E-state index is 13.2. The average Bonchev–Trinajstić information content (AvgIpc) is 3.10. The van der Waals surface area contributed by atoms with Crippen LogP contribution in [0.5, 0.6) is 5.75 Å². The first-order valence-corrected chi connectivity index (χ1v) is 10.6. The van der Waals surface area contributed by atoms with Gasteiger partial charge in [-0.3, -0.25) is 9.78 Å². The number of benzene rings is 1. The summed E-state index contributed by atoms with van der Waals surface area (Å²) in [5.74, 6) is 1.72. The van der Waals surface area contributed by atoms with E-state index in [4.69, 9.17) is 9.47 Å². The van der Waals surface area contributed by atoms with Crippen molar-refractivity contribution in [1.29, 1.82) is 0 Å². The van der Waals surface area contributed by atoms with Crippen LogP contribution in [0, 0.1) is 11.3 Å². The van der Waals surface area contributed by atoms with Crippen LogP contribution in [-0.2, 0) is 4.74 Å². The number of hydrogen-bond donors (Lipinski definition) is 0. The SMILES string of the molecule is CC(C)c1ccc(C(=O)N2CC(COc3ccncc3)C3(CCOCC3)C2)cc1. The second kappa shape index (κ2) is 8.54. The molecule has 4 rings (SSSR count). The molecule has 2 fully saturated rings. The number of amides is 1. The molecule has 3 heterocycles. The van der Waals surface area contributed by atoms with Crippen molar-refractivity contribution >= 4 is 5.91 Å². The zero-order chi connectivity index (χ0) is 20.3. The van der Waals surface area contributed by atoms with Gasteiger partial charge in [0.2, 0.25) is 0 Å². The van der Waals surface area contributed by atoms with Crippen LogP contribution in [0.3, 0.4) is 0 Å². The number of carbonyl (C=O) groups is 1. The molecule has 0 aliphatic carbocycles. The summed E-state index contributed by atoms with van der Waals surface area (Å²) in [5, 5.41) is 0. The van der Waals surface area contributed by atoms with Crippen molar-refractivity contribution in [3.05, 3.63) is 59.9 Å². The molecule has 5 heteroatoms. The number of likely N-dealkylation sites (tertiary alicyclic amines) is 1. The van der Waals surface area contributed by atoms with Gasteiger partial charge in [-0.2, -0.15) is 0 Å². The van der Waals surface area contributed by atoms with Crippen LogP contribution in [0.4, 0.5) is 0 Å². The maximum Gasteiger partial charge on any atom is 0.253 e. The summed E-state index contributed by atoms with van der Waals surface area (Å²) in [6, 6.07) is 11.8. The molecule has 0 radical (unpaired) electrons. The third-order valence-corrected chi connectivity index (χ3v) is 6.51. The molecule has 2 aliphatic heterocycles. The first-order valence-electron chi connectivity index (χ1n) is 10.6. The summed E-state index contributed by atoms with van der Waals surface area (Å²) < 4.78 is 11.7. The summed E-state index contributed by atoms with van der Waals surface area (Å²) in [6.45, 7) is 7.98. The lowest BCUT2D eigenvalue weighted by atomic mass is 9.72. The third-order valence-electron chi connectivity index (χ3n) is 6.51. The van der Waals surface area contributed by atoms with Crippen molar-refractivity contribution in [3.8, 4) is 5.75 Å². The monoisotopic (exact) mass is 394 g/mol. The standard InChI is InChI=1S/C24H30N2O3/c1-18(2)19-3-5-20(6-4-19)23(27)26-15-21(16-29-22-7-11-25-12-8-22)24(17-26)9-13-28-14-10-24/h3-8,11-12,18,21H,9-10,13-17H2,1-2H3. The average molecular weight is 395 g/mol. The molecule has 5 nitrogen and oxygen atoms in total. The van der Waals surface area contributed by atoms with E-state index in [0.717, 1.165) is 50.5 Å². The van der Waals surface area contributed by atoms with Gasteiger partial charge in [-0.1, -0.05) is 26.0 Å². The smallest absolute Gasteiger partial charge is 0.253 e. The van der Waals surface area contributed by atoms with Gasteiger partial charge in [0.15, 0.2) is 0 Å². The van der Waals surface area contributed by atoms with Gasteiger partial charge in [0.1, 0.15) is 5.75 Å². The molecule has 0 N–H and O–H groups in total. The normalized spacial score (nSPS) is 20.9. The van der Waals surface area contributed by atoms with E-state index in [-0.39, 0.29) is 11.3 Å². The number of aromatic nitrogens is 1. The Morgan fingerprint density at radius 3 is 2.52 bits per heavy atom. The maximum atomic E-state index is 13.2. The minimum atomic E-state index is 0.0822. The van der Waals surface area contributed by atoms with Crippen LogP contribution in [0.15, 0.2) is 48.8 Å². The molecular formula is C24H30N2O3. The Kier molecular flexibility index (Phi) is 5.86. The van der Waals surface area contributed by atoms with Crippen LogP contribution in [-0.4, -0.2) is 48.7 Å². The molecule has 2 aromatic rings. The largest absolute Gasteiger partial charge is 0.493 e. The van der Waals surface area contributed by atoms with Crippen molar-refractivity contribution < 1.29 is 14.3 Å². The lowest BCUT2D eigenvalue weighted by Crippen LogP contribution is -2.39. The third kappa shape index (κ3) is 4.30. The van der Waals surface area contributed by atoms with Gasteiger partial charge < -0.3 is 14.4 Å². The number of rotatable bonds is 5. The van der Waals surface area contributed by atoms with Crippen LogP contribution >= 0.6 is 0 Å². The number of pyridine rings is 1. The van der Waals surface area contributed by atoms with Crippen molar-refractivity contribution in [2.45, 2.75) is 32.6 Å². The Hall–Kier alpha value is -2.40. The van der Waals surface area contributed by atoms with Gasteiger partial charge in [0, 0.05) is 55.6 Å². The molecule has 2 aliphatic rings. The Morgan fingerprint density at radius 1 is 1.17 bits per heavy atom. The van der Waals surface area contributed by atoms with E-state index < -0.39 is 0 Å². The first kappa shape index (κ1) is 19.9. The van der Waals surface area contributed by atoms with E-state index in [1.807, 2.05) is 29.2 Å². The van der Waals surface area contributed by atoms with Gasteiger partial charge in [0.05, 0.1) is 6.61 Å². The number of hydrogen-bond acceptors (Lipinski definition) is 4. The van der Waals surface area contributed by atoms with Crippen LogP contribution in [0.25, 0.3) is 0 Å². The summed E-state index contributed by atoms with van der Waals surface area (Å²) in [6.07, 6.45) is 5.44. The molecule has 154 valence electrons. The van der Waals surface area contributed by atoms with Gasteiger partial charge in [-0.05, 0) is 48.6 Å². The van der Waals surface area contributed by atoms with Gasteiger partial charge in [-0.25, -0.2) is 0 Å². The number of ether oxygens (including phenoxy) is 2. The molecule has 1 amide bonds. The predicted molar refractivity (Wildman–Crippen MR) is 112 cm³/mol. The van der Waals surface area contributed by atoms with Gasteiger partial charge in [-0.15, -0.1) is 0 Å². The zero-order valence-electron chi connectivity index (χ0n) is 17.3. The number of nitrogens with zero attached hydrogens (tertiary/aromatic N) is 2. The molecule has 29 heavy (non-hydrogen) atoms. The highest BCUT2D eigenvalue weighted by molar-refractivity contribution is 5.94. The molecule has 1 atom stereocenters. The molecule has 1 spiro atoms. The fourth-order valence-corrected chi connectivity index (χ4v) is 4.59. The molecule has 0 bridgehead atoms. The van der Waals surface area contributed by atoms with E-state index in [0.29, 0.717) is 18.4 Å². The first-order chi connectivity index (χ1) is 14.1. The summed E-state index contributed by atoms with van der Waals surface area (Å²) in [5.41, 5.74) is 2.11. The highest BCUT2D eigenvalue weighted by Gasteiger charge is 2.49. The van der Waals surface area contributed by atoms with Crippen molar-refractivity contribution in [3.63, 3.8) is 0 Å². The van der Waals surface area contributed by atoms with Crippen molar-refractivity contribution in [2.75, 3.05) is 32.9 Å². The second-order valence-electron chi connectivity index (χ2n) is 8.63. The van der Waals surface area contributed by atoms with E-state index in [2.05, 4.69) is 31.0 Å². The fourth-order valence-electron chi connectivity index (χ4n) is 4.59. The van der Waals surface area contributed by atoms with Crippen LogP contribution < -0.4 is 4.74 Å². The Morgan fingerprint density at radius 2 is 1.86 bits per heavy atom. The van der Waals surface area contributed by atoms with Crippen LogP contribution in [0.1, 0.15) is 48.5 Å².